The van der Waals surface area contributed by atoms with Gasteiger partial charge in [-0.3, -0.25) is 5.10 Å². The van der Waals surface area contributed by atoms with Gasteiger partial charge in [0.25, 0.3) is 0 Å². The highest BCUT2D eigenvalue weighted by Gasteiger charge is 2.23. The molecule has 2 aromatic rings. The van der Waals surface area contributed by atoms with Crippen LogP contribution in [0.4, 0.5) is 4.79 Å². The Bertz CT molecular complexity index is 727. The lowest BCUT2D eigenvalue weighted by Crippen LogP contribution is -2.39. The maximum Gasteiger partial charge on any atom is 0.410 e. The van der Waals surface area contributed by atoms with Gasteiger partial charge in [-0.1, -0.05) is 17.4 Å². The van der Waals surface area contributed by atoms with Crippen LogP contribution in [0, 0.1) is 0 Å². The second-order valence-electron chi connectivity index (χ2n) is 6.45. The minimum Gasteiger partial charge on any atom is -0.444 e. The van der Waals surface area contributed by atoms with Gasteiger partial charge in [0.2, 0.25) is 0 Å². The Balaban J connectivity index is 1.72. The van der Waals surface area contributed by atoms with Gasteiger partial charge in [0.05, 0.1) is 5.52 Å². The first-order chi connectivity index (χ1) is 10.4. The highest BCUT2D eigenvalue weighted by atomic mass is 16.6. The Morgan fingerprint density at radius 1 is 1.36 bits per heavy atom. The summed E-state index contributed by atoms with van der Waals surface area (Å²) in [5.74, 6) is 0. The number of H-pyrrole nitrogens is 1. The second-order valence-corrected chi connectivity index (χ2v) is 6.45. The molecule has 2 heterocycles. The van der Waals surface area contributed by atoms with Gasteiger partial charge in [0, 0.05) is 13.1 Å². The number of aromatic amines is 1. The molecule has 0 radical (unpaired) electrons. The number of carbonyl (C=O) groups is 1. The van der Waals surface area contributed by atoms with Gasteiger partial charge in [0.1, 0.15) is 11.1 Å². The molecule has 0 spiro atoms. The molecule has 1 N–H and O–H groups in total. The van der Waals surface area contributed by atoms with Crippen LogP contribution < -0.4 is 0 Å². The highest BCUT2D eigenvalue weighted by Crippen LogP contribution is 2.25. The number of aromatic nitrogens is 3. The first-order valence-corrected chi connectivity index (χ1v) is 7.40. The van der Waals surface area contributed by atoms with E-state index in [0.29, 0.717) is 13.1 Å². The Kier molecular flexibility index (Phi) is 3.60. The Labute approximate surface area is 129 Å². The minimum atomic E-state index is -0.459. The number of benzene rings is 1. The van der Waals surface area contributed by atoms with E-state index in [2.05, 4.69) is 27.6 Å². The minimum absolute atomic E-state index is 0.255. The van der Waals surface area contributed by atoms with Crippen molar-refractivity contribution in [1.29, 1.82) is 0 Å². The first kappa shape index (κ1) is 14.6. The lowest BCUT2D eigenvalue weighted by molar-refractivity contribution is 0.0270. The van der Waals surface area contributed by atoms with Crippen LogP contribution in [0.3, 0.4) is 0 Å². The van der Waals surface area contributed by atoms with Gasteiger partial charge in [-0.05, 0) is 50.5 Å². The number of ether oxygens (including phenoxy) is 1. The van der Waals surface area contributed by atoms with Crippen LogP contribution in [0.25, 0.3) is 16.6 Å². The van der Waals surface area contributed by atoms with Gasteiger partial charge < -0.3 is 9.64 Å². The molecule has 1 aromatic heterocycles. The average molecular weight is 300 g/mol. The van der Waals surface area contributed by atoms with Crippen molar-refractivity contribution in [3.05, 3.63) is 29.8 Å². The van der Waals surface area contributed by atoms with Gasteiger partial charge in [0.15, 0.2) is 0 Å². The predicted octanol–water partition coefficient (Wildman–Crippen LogP) is 2.98. The van der Waals surface area contributed by atoms with Crippen LogP contribution in [0.15, 0.2) is 24.3 Å². The third-order valence-corrected chi connectivity index (χ3v) is 3.56. The fourth-order valence-corrected chi connectivity index (χ4v) is 2.47. The zero-order valence-electron chi connectivity index (χ0n) is 13.1. The van der Waals surface area contributed by atoms with Crippen molar-refractivity contribution < 1.29 is 9.53 Å². The van der Waals surface area contributed by atoms with Crippen LogP contribution in [-0.4, -0.2) is 45.1 Å². The standard InChI is InChI=1S/C16H20N4O2/c1-16(2,3)22-15(21)20-8-6-11(7-9-20)12-4-5-13-14(10-12)18-19-17-13/h4-6,10H,7-9H2,1-3H3,(H,17,18,19). The number of nitrogens with zero attached hydrogens (tertiary/aromatic N) is 3. The molecule has 1 aliphatic rings. The van der Waals surface area contributed by atoms with Crippen LogP contribution in [0.5, 0.6) is 0 Å². The molecule has 22 heavy (non-hydrogen) atoms. The Morgan fingerprint density at radius 2 is 2.18 bits per heavy atom. The SMILES string of the molecule is CC(C)(C)OC(=O)N1CC=C(c2ccc3[nH]nnc3c2)CC1. The van der Waals surface area contributed by atoms with E-state index in [1.807, 2.05) is 32.9 Å². The number of amides is 1. The number of nitrogens with one attached hydrogen (secondary N) is 1. The zero-order chi connectivity index (χ0) is 15.7. The number of fused-ring (bicyclic) bond motifs is 1. The summed E-state index contributed by atoms with van der Waals surface area (Å²) < 4.78 is 5.40. The maximum atomic E-state index is 12.0. The maximum absolute atomic E-state index is 12.0. The van der Waals surface area contributed by atoms with Crippen molar-refractivity contribution in [2.24, 2.45) is 0 Å². The third-order valence-electron chi connectivity index (χ3n) is 3.56. The number of rotatable bonds is 1. The van der Waals surface area contributed by atoms with Crippen LogP contribution in [-0.2, 0) is 4.74 Å². The van der Waals surface area contributed by atoms with Crippen LogP contribution >= 0.6 is 0 Å². The quantitative estimate of drug-likeness (QED) is 0.879. The van der Waals surface area contributed by atoms with Crippen LogP contribution in [0.1, 0.15) is 32.8 Å². The molecule has 3 rings (SSSR count). The Morgan fingerprint density at radius 3 is 2.86 bits per heavy atom. The van der Waals surface area contributed by atoms with E-state index in [4.69, 9.17) is 4.74 Å². The normalized spacial score (nSPS) is 15.8. The van der Waals surface area contributed by atoms with Crippen molar-refractivity contribution in [3.8, 4) is 0 Å². The fourth-order valence-electron chi connectivity index (χ4n) is 2.47. The van der Waals surface area contributed by atoms with Gasteiger partial charge >= 0.3 is 6.09 Å². The highest BCUT2D eigenvalue weighted by molar-refractivity contribution is 5.80. The summed E-state index contributed by atoms with van der Waals surface area (Å²) in [5, 5.41) is 10.7. The van der Waals surface area contributed by atoms with E-state index >= 15 is 0 Å². The third kappa shape index (κ3) is 3.10. The summed E-state index contributed by atoms with van der Waals surface area (Å²) in [4.78, 5) is 13.8. The van der Waals surface area contributed by atoms with E-state index in [1.54, 1.807) is 4.90 Å². The summed E-state index contributed by atoms with van der Waals surface area (Å²) in [5.41, 5.74) is 3.68. The summed E-state index contributed by atoms with van der Waals surface area (Å²) in [7, 11) is 0. The van der Waals surface area contributed by atoms with Crippen molar-refractivity contribution in [3.63, 3.8) is 0 Å². The summed E-state index contributed by atoms with van der Waals surface area (Å²) in [6, 6.07) is 6.05. The number of carbonyl (C=O) groups excluding carboxylic acids is 1. The van der Waals surface area contributed by atoms with Gasteiger partial charge in [-0.25, -0.2) is 4.79 Å². The van der Waals surface area contributed by atoms with E-state index < -0.39 is 5.60 Å². The monoisotopic (exact) mass is 300 g/mol. The molecule has 6 heteroatoms. The van der Waals surface area contributed by atoms with Crippen molar-refractivity contribution >= 4 is 22.7 Å². The molecular formula is C16H20N4O2. The smallest absolute Gasteiger partial charge is 0.410 e. The number of hydrogen-bond acceptors (Lipinski definition) is 4. The topological polar surface area (TPSA) is 71.1 Å². The molecule has 0 aliphatic carbocycles. The molecule has 0 unspecified atom stereocenters. The molecule has 6 nitrogen and oxygen atoms in total. The van der Waals surface area contributed by atoms with E-state index in [9.17, 15) is 4.79 Å². The second kappa shape index (κ2) is 5.44. The summed E-state index contributed by atoms with van der Waals surface area (Å²) >= 11 is 0. The molecule has 0 fully saturated rings. The lowest BCUT2D eigenvalue weighted by Gasteiger charge is -2.29. The predicted molar refractivity (Wildman–Crippen MR) is 84.3 cm³/mol. The van der Waals surface area contributed by atoms with Crippen LogP contribution in [0.2, 0.25) is 0 Å². The van der Waals surface area contributed by atoms with Crippen molar-refractivity contribution in [2.75, 3.05) is 13.1 Å². The van der Waals surface area contributed by atoms with Gasteiger partial charge in [-0.15, -0.1) is 5.10 Å². The van der Waals surface area contributed by atoms with Gasteiger partial charge in [-0.2, -0.15) is 0 Å². The van der Waals surface area contributed by atoms with Crippen molar-refractivity contribution in [2.45, 2.75) is 32.8 Å². The number of hydrogen-bond donors (Lipinski definition) is 1. The average Bonchev–Trinajstić information content (AvgIpc) is 2.93. The van der Waals surface area contributed by atoms with E-state index in [0.717, 1.165) is 23.0 Å². The summed E-state index contributed by atoms with van der Waals surface area (Å²) in [6.07, 6.45) is 2.63. The zero-order valence-corrected chi connectivity index (χ0v) is 13.1. The molecule has 1 amide bonds. The summed E-state index contributed by atoms with van der Waals surface area (Å²) in [6.45, 7) is 6.87. The van der Waals surface area contributed by atoms with E-state index in [1.165, 1.54) is 5.57 Å². The molecule has 0 atom stereocenters. The molecular weight excluding hydrogens is 280 g/mol. The molecule has 1 aromatic carbocycles. The molecule has 0 saturated heterocycles. The fraction of sp³-hybridized carbons (Fsp3) is 0.438. The molecule has 116 valence electrons. The molecule has 1 aliphatic heterocycles. The Hall–Kier alpha value is -2.37. The first-order valence-electron chi connectivity index (χ1n) is 7.40. The molecule has 0 saturated carbocycles. The lowest BCUT2D eigenvalue weighted by atomic mass is 9.99. The van der Waals surface area contributed by atoms with E-state index in [-0.39, 0.29) is 6.09 Å². The molecule has 0 bridgehead atoms. The van der Waals surface area contributed by atoms with Crippen molar-refractivity contribution in [1.82, 2.24) is 20.3 Å². The largest absolute Gasteiger partial charge is 0.444 e.